The molecule has 6 nitrogen and oxygen atoms in total. The van der Waals surface area contributed by atoms with Crippen molar-refractivity contribution < 1.29 is 14.8 Å². The number of carbonyl (C=O) groups excluding carboxylic acids is 1. The Bertz CT molecular complexity index is 578. The van der Waals surface area contributed by atoms with Crippen LogP contribution < -0.4 is 10.2 Å². The van der Waals surface area contributed by atoms with Crippen LogP contribution in [0.1, 0.15) is 24.8 Å². The molecule has 2 heterocycles. The van der Waals surface area contributed by atoms with Crippen molar-refractivity contribution in [3.05, 3.63) is 29.8 Å². The van der Waals surface area contributed by atoms with Gasteiger partial charge in [0, 0.05) is 24.8 Å². The van der Waals surface area contributed by atoms with Gasteiger partial charge >= 0.3 is 7.12 Å². The van der Waals surface area contributed by atoms with E-state index < -0.39 is 13.1 Å². The van der Waals surface area contributed by atoms with Crippen LogP contribution in [0.3, 0.4) is 0 Å². The van der Waals surface area contributed by atoms with Gasteiger partial charge in [-0.3, -0.25) is 4.79 Å². The first-order valence-corrected chi connectivity index (χ1v) is 8.76. The summed E-state index contributed by atoms with van der Waals surface area (Å²) < 4.78 is 0. The standard InChI is InChI=1S/C17H26BN3O3/c1-13-4-2-5-14(10-13)21(15-7-8-19-11-15)12-17(22)20-9-3-6-16(20)18(23)24/h2,4-5,10,15-16,19,23-24H,3,6-9,11-12H2,1H3/t15-,16-/m0/s1. The van der Waals surface area contributed by atoms with E-state index >= 15 is 0 Å². The van der Waals surface area contributed by atoms with E-state index in [1.807, 2.05) is 12.1 Å². The molecule has 7 heteroatoms. The maximum Gasteiger partial charge on any atom is 0.475 e. The van der Waals surface area contributed by atoms with Gasteiger partial charge in [0.15, 0.2) is 0 Å². The van der Waals surface area contributed by atoms with E-state index in [0.717, 1.165) is 31.6 Å². The van der Waals surface area contributed by atoms with Crippen molar-refractivity contribution in [2.75, 3.05) is 31.1 Å². The molecule has 1 aromatic carbocycles. The lowest BCUT2D eigenvalue weighted by Gasteiger charge is -2.33. The van der Waals surface area contributed by atoms with Gasteiger partial charge in [0.25, 0.3) is 0 Å². The van der Waals surface area contributed by atoms with Crippen molar-refractivity contribution in [2.45, 2.75) is 38.2 Å². The number of benzene rings is 1. The average Bonchev–Trinajstić information content (AvgIpc) is 3.23. The van der Waals surface area contributed by atoms with Crippen molar-refractivity contribution in [3.8, 4) is 0 Å². The predicted octanol–water partition coefficient (Wildman–Crippen LogP) is 0.166. The molecule has 0 bridgehead atoms. The molecule has 3 N–H and O–H groups in total. The SMILES string of the molecule is Cc1cccc(N(CC(=O)N2CCC[C@H]2B(O)O)[C@H]2CCNC2)c1. The van der Waals surface area contributed by atoms with Crippen LogP contribution in [0.4, 0.5) is 5.69 Å². The molecule has 2 saturated heterocycles. The molecule has 24 heavy (non-hydrogen) atoms. The number of hydrogen-bond donors (Lipinski definition) is 3. The normalized spacial score (nSPS) is 23.5. The Morgan fingerprint density at radius 3 is 2.92 bits per heavy atom. The van der Waals surface area contributed by atoms with Gasteiger partial charge in [-0.05, 0) is 50.4 Å². The van der Waals surface area contributed by atoms with Crippen LogP contribution in [0.2, 0.25) is 0 Å². The molecule has 0 radical (unpaired) electrons. The highest BCUT2D eigenvalue weighted by molar-refractivity contribution is 6.43. The zero-order chi connectivity index (χ0) is 17.1. The third-order valence-corrected chi connectivity index (χ3v) is 5.08. The van der Waals surface area contributed by atoms with Crippen LogP contribution in [0.5, 0.6) is 0 Å². The lowest BCUT2D eigenvalue weighted by molar-refractivity contribution is -0.129. The van der Waals surface area contributed by atoms with Crippen LogP contribution in [0.15, 0.2) is 24.3 Å². The smallest absolute Gasteiger partial charge is 0.426 e. The highest BCUT2D eigenvalue weighted by atomic mass is 16.4. The van der Waals surface area contributed by atoms with Crippen LogP contribution in [0, 0.1) is 6.92 Å². The van der Waals surface area contributed by atoms with Crippen molar-refractivity contribution in [3.63, 3.8) is 0 Å². The van der Waals surface area contributed by atoms with Gasteiger partial charge in [0.2, 0.25) is 5.91 Å². The van der Waals surface area contributed by atoms with E-state index in [-0.39, 0.29) is 18.5 Å². The summed E-state index contributed by atoms with van der Waals surface area (Å²) in [7, 11) is -1.46. The number of amides is 1. The number of likely N-dealkylation sites (tertiary alicyclic amines) is 1. The van der Waals surface area contributed by atoms with Gasteiger partial charge in [-0.25, -0.2) is 0 Å². The number of rotatable bonds is 5. The lowest BCUT2D eigenvalue weighted by atomic mass is 9.78. The molecular formula is C17H26BN3O3. The van der Waals surface area contributed by atoms with Crippen molar-refractivity contribution >= 4 is 18.7 Å². The topological polar surface area (TPSA) is 76.0 Å². The summed E-state index contributed by atoms with van der Waals surface area (Å²) in [5, 5.41) is 22.4. The molecule has 2 aliphatic rings. The van der Waals surface area contributed by atoms with E-state index in [4.69, 9.17) is 0 Å². The Morgan fingerprint density at radius 2 is 2.25 bits per heavy atom. The van der Waals surface area contributed by atoms with E-state index in [0.29, 0.717) is 13.0 Å². The van der Waals surface area contributed by atoms with Crippen molar-refractivity contribution in [2.24, 2.45) is 0 Å². The first-order valence-electron chi connectivity index (χ1n) is 8.76. The molecule has 0 unspecified atom stereocenters. The minimum atomic E-state index is -1.46. The van der Waals surface area contributed by atoms with Gasteiger partial charge < -0.3 is 25.2 Å². The van der Waals surface area contributed by atoms with Gasteiger partial charge in [-0.1, -0.05) is 12.1 Å². The van der Waals surface area contributed by atoms with Gasteiger partial charge in [0.1, 0.15) is 0 Å². The van der Waals surface area contributed by atoms with Crippen molar-refractivity contribution in [1.29, 1.82) is 0 Å². The second kappa shape index (κ2) is 7.55. The summed E-state index contributed by atoms with van der Waals surface area (Å²) in [6.45, 7) is 4.76. The summed E-state index contributed by atoms with van der Waals surface area (Å²) in [5.74, 6) is -0.502. The number of nitrogens with one attached hydrogen (secondary N) is 1. The van der Waals surface area contributed by atoms with Gasteiger partial charge in [-0.2, -0.15) is 0 Å². The molecule has 2 aliphatic heterocycles. The lowest BCUT2D eigenvalue weighted by Crippen LogP contribution is -2.51. The number of aryl methyl sites for hydroxylation is 1. The molecule has 0 aliphatic carbocycles. The zero-order valence-corrected chi connectivity index (χ0v) is 14.2. The highest BCUT2D eigenvalue weighted by Crippen LogP contribution is 2.24. The fourth-order valence-corrected chi connectivity index (χ4v) is 3.79. The van der Waals surface area contributed by atoms with E-state index in [9.17, 15) is 14.8 Å². The first-order chi connectivity index (χ1) is 11.6. The van der Waals surface area contributed by atoms with Crippen molar-refractivity contribution in [1.82, 2.24) is 10.2 Å². The Hall–Kier alpha value is -1.57. The molecule has 0 aromatic heterocycles. The zero-order valence-electron chi connectivity index (χ0n) is 14.2. The number of nitrogens with zero attached hydrogens (tertiary/aromatic N) is 2. The third kappa shape index (κ3) is 3.74. The van der Waals surface area contributed by atoms with E-state index in [1.54, 1.807) is 4.90 Å². The maximum atomic E-state index is 12.8. The quantitative estimate of drug-likeness (QED) is 0.671. The average molecular weight is 331 g/mol. The van der Waals surface area contributed by atoms with Crippen LogP contribution in [-0.4, -0.2) is 66.1 Å². The monoisotopic (exact) mass is 331 g/mol. The Labute approximate surface area is 143 Å². The molecule has 3 rings (SSSR count). The highest BCUT2D eigenvalue weighted by Gasteiger charge is 2.37. The van der Waals surface area contributed by atoms with Crippen LogP contribution in [-0.2, 0) is 4.79 Å². The minimum absolute atomic E-state index is 0.0287. The fourth-order valence-electron chi connectivity index (χ4n) is 3.79. The van der Waals surface area contributed by atoms with Gasteiger partial charge in [0.05, 0.1) is 12.5 Å². The summed E-state index contributed by atoms with van der Waals surface area (Å²) in [6, 6.07) is 8.50. The third-order valence-electron chi connectivity index (χ3n) is 5.08. The molecule has 0 spiro atoms. The molecule has 1 aromatic rings. The minimum Gasteiger partial charge on any atom is -0.426 e. The van der Waals surface area contributed by atoms with Crippen LogP contribution in [0.25, 0.3) is 0 Å². The summed E-state index contributed by atoms with van der Waals surface area (Å²) in [4.78, 5) is 16.6. The largest absolute Gasteiger partial charge is 0.475 e. The Kier molecular flexibility index (Phi) is 5.43. The first kappa shape index (κ1) is 17.3. The molecule has 0 saturated carbocycles. The maximum absolute atomic E-state index is 12.8. The number of anilines is 1. The molecule has 2 fully saturated rings. The summed E-state index contributed by atoms with van der Waals surface area (Å²) in [6.07, 6.45) is 2.48. The Balaban J connectivity index is 1.77. The molecule has 130 valence electrons. The summed E-state index contributed by atoms with van der Waals surface area (Å²) >= 11 is 0. The second-order valence-corrected chi connectivity index (χ2v) is 6.82. The summed E-state index contributed by atoms with van der Waals surface area (Å²) in [5.41, 5.74) is 2.22. The van der Waals surface area contributed by atoms with Crippen LogP contribution >= 0.6 is 0 Å². The van der Waals surface area contributed by atoms with E-state index in [1.165, 1.54) is 5.56 Å². The van der Waals surface area contributed by atoms with E-state index in [2.05, 4.69) is 29.3 Å². The molecular weight excluding hydrogens is 305 g/mol. The number of carbonyl (C=O) groups is 1. The Morgan fingerprint density at radius 1 is 1.42 bits per heavy atom. The predicted molar refractivity (Wildman–Crippen MR) is 94.7 cm³/mol. The number of hydrogen-bond acceptors (Lipinski definition) is 5. The second-order valence-electron chi connectivity index (χ2n) is 6.82. The molecule has 2 atom stereocenters. The van der Waals surface area contributed by atoms with Gasteiger partial charge in [-0.15, -0.1) is 0 Å². The fraction of sp³-hybridized carbons (Fsp3) is 0.588. The molecule has 1 amide bonds.